The standard InChI is InChI=1S/C20H22N4O3S/c1-4-24(5-2)28(26,27)19-8-6-7-18(13-19)20(25)23-22-15(3)17-11-9-16(14-21)10-12-17/h6-13H,4-5H2,1-3H3,(H,23,25)/b22-15-. The molecule has 2 aromatic rings. The Morgan fingerprint density at radius 1 is 1.11 bits per heavy atom. The highest BCUT2D eigenvalue weighted by atomic mass is 32.2. The van der Waals surface area contributed by atoms with Crippen molar-refractivity contribution in [3.05, 3.63) is 65.2 Å². The van der Waals surface area contributed by atoms with Crippen LogP contribution in [0.4, 0.5) is 0 Å². The lowest BCUT2D eigenvalue weighted by atomic mass is 10.1. The van der Waals surface area contributed by atoms with E-state index in [4.69, 9.17) is 5.26 Å². The summed E-state index contributed by atoms with van der Waals surface area (Å²) in [5.41, 5.74) is 4.49. The van der Waals surface area contributed by atoms with Crippen LogP contribution in [-0.2, 0) is 10.0 Å². The molecule has 1 amide bonds. The molecule has 1 N–H and O–H groups in total. The highest BCUT2D eigenvalue weighted by Crippen LogP contribution is 2.17. The molecule has 0 heterocycles. The van der Waals surface area contributed by atoms with Crippen LogP contribution in [0.25, 0.3) is 0 Å². The molecule has 0 unspecified atom stereocenters. The Morgan fingerprint density at radius 3 is 2.32 bits per heavy atom. The lowest BCUT2D eigenvalue weighted by molar-refractivity contribution is 0.0954. The second-order valence-corrected chi connectivity index (χ2v) is 7.88. The van der Waals surface area contributed by atoms with Crippen LogP contribution < -0.4 is 5.43 Å². The molecule has 0 saturated heterocycles. The van der Waals surface area contributed by atoms with Gasteiger partial charge in [0, 0.05) is 18.7 Å². The molecule has 0 spiro atoms. The number of sulfonamides is 1. The van der Waals surface area contributed by atoms with Gasteiger partial charge in [-0.1, -0.05) is 32.0 Å². The van der Waals surface area contributed by atoms with Crippen molar-refractivity contribution in [3.63, 3.8) is 0 Å². The van der Waals surface area contributed by atoms with Gasteiger partial charge in [-0.2, -0.15) is 14.7 Å². The smallest absolute Gasteiger partial charge is 0.267 e. The Hall–Kier alpha value is -3.02. The molecule has 0 aromatic heterocycles. The average Bonchev–Trinajstić information content (AvgIpc) is 2.72. The van der Waals surface area contributed by atoms with E-state index in [1.807, 2.05) is 6.07 Å². The van der Waals surface area contributed by atoms with Crippen molar-refractivity contribution in [2.24, 2.45) is 5.10 Å². The molecule has 2 rings (SSSR count). The van der Waals surface area contributed by atoms with Crippen molar-refractivity contribution < 1.29 is 13.2 Å². The van der Waals surface area contributed by atoms with Crippen molar-refractivity contribution in [3.8, 4) is 6.07 Å². The van der Waals surface area contributed by atoms with Crippen LogP contribution in [0.2, 0.25) is 0 Å². The summed E-state index contributed by atoms with van der Waals surface area (Å²) < 4.78 is 26.6. The summed E-state index contributed by atoms with van der Waals surface area (Å²) in [6, 6.07) is 14.7. The maximum Gasteiger partial charge on any atom is 0.271 e. The first kappa shape index (κ1) is 21.3. The van der Waals surface area contributed by atoms with Gasteiger partial charge in [0.05, 0.1) is 22.2 Å². The Labute approximate surface area is 165 Å². The summed E-state index contributed by atoms with van der Waals surface area (Å²) in [5, 5.41) is 12.9. The number of hydrazone groups is 1. The summed E-state index contributed by atoms with van der Waals surface area (Å²) in [7, 11) is -3.65. The lowest BCUT2D eigenvalue weighted by Crippen LogP contribution is -2.30. The van der Waals surface area contributed by atoms with Crippen molar-refractivity contribution in [1.29, 1.82) is 5.26 Å². The number of carbonyl (C=O) groups is 1. The molecule has 0 radical (unpaired) electrons. The first-order valence-electron chi connectivity index (χ1n) is 8.78. The molecular weight excluding hydrogens is 376 g/mol. The van der Waals surface area contributed by atoms with Gasteiger partial charge >= 0.3 is 0 Å². The Morgan fingerprint density at radius 2 is 1.75 bits per heavy atom. The predicted molar refractivity (Wildman–Crippen MR) is 107 cm³/mol. The fraction of sp³-hybridized carbons (Fsp3) is 0.250. The molecule has 8 heteroatoms. The van der Waals surface area contributed by atoms with Crippen molar-refractivity contribution >= 4 is 21.6 Å². The number of carbonyl (C=O) groups excluding carboxylic acids is 1. The lowest BCUT2D eigenvalue weighted by Gasteiger charge is -2.18. The zero-order valence-electron chi connectivity index (χ0n) is 16.0. The molecule has 0 aliphatic carbocycles. The number of nitriles is 1. The molecule has 0 bridgehead atoms. The average molecular weight is 398 g/mol. The number of benzene rings is 2. The SMILES string of the molecule is CCN(CC)S(=O)(=O)c1cccc(C(=O)N/N=C(/C)c2ccc(C#N)cc2)c1. The number of hydrogen-bond donors (Lipinski definition) is 1. The van der Waals surface area contributed by atoms with E-state index in [9.17, 15) is 13.2 Å². The first-order valence-corrected chi connectivity index (χ1v) is 10.2. The maximum absolute atomic E-state index is 12.6. The van der Waals surface area contributed by atoms with Gasteiger partial charge in [-0.15, -0.1) is 0 Å². The van der Waals surface area contributed by atoms with Crippen LogP contribution in [0.5, 0.6) is 0 Å². The summed E-state index contributed by atoms with van der Waals surface area (Å²) in [5.74, 6) is -0.510. The second-order valence-electron chi connectivity index (χ2n) is 5.94. The zero-order chi connectivity index (χ0) is 20.7. The van der Waals surface area contributed by atoms with E-state index in [1.165, 1.54) is 28.6 Å². The van der Waals surface area contributed by atoms with Gasteiger partial charge in [-0.05, 0) is 42.8 Å². The normalized spacial score (nSPS) is 11.9. The molecule has 0 aliphatic heterocycles. The van der Waals surface area contributed by atoms with Crippen molar-refractivity contribution in [2.75, 3.05) is 13.1 Å². The fourth-order valence-electron chi connectivity index (χ4n) is 2.56. The van der Waals surface area contributed by atoms with E-state index in [2.05, 4.69) is 10.5 Å². The van der Waals surface area contributed by atoms with E-state index < -0.39 is 15.9 Å². The summed E-state index contributed by atoms with van der Waals surface area (Å²) >= 11 is 0. The second kappa shape index (κ2) is 9.26. The molecular formula is C20H22N4O3S. The molecule has 0 aliphatic rings. The molecule has 0 saturated carbocycles. The number of nitrogens with one attached hydrogen (secondary N) is 1. The van der Waals surface area contributed by atoms with Gasteiger partial charge in [-0.25, -0.2) is 13.8 Å². The van der Waals surface area contributed by atoms with Gasteiger partial charge in [-0.3, -0.25) is 4.79 Å². The minimum atomic E-state index is -3.65. The first-order chi connectivity index (χ1) is 13.3. The van der Waals surface area contributed by atoms with Gasteiger partial charge < -0.3 is 0 Å². The van der Waals surface area contributed by atoms with Crippen molar-refractivity contribution in [2.45, 2.75) is 25.7 Å². The number of amides is 1. The van der Waals surface area contributed by atoms with Gasteiger partial charge in [0.1, 0.15) is 0 Å². The number of rotatable bonds is 7. The third kappa shape index (κ3) is 4.82. The number of hydrogen-bond acceptors (Lipinski definition) is 5. The maximum atomic E-state index is 12.6. The highest BCUT2D eigenvalue weighted by molar-refractivity contribution is 7.89. The zero-order valence-corrected chi connectivity index (χ0v) is 16.8. The molecule has 0 fully saturated rings. The fourth-order valence-corrected chi connectivity index (χ4v) is 4.06. The van der Waals surface area contributed by atoms with Gasteiger partial charge in [0.25, 0.3) is 5.91 Å². The summed E-state index contributed by atoms with van der Waals surface area (Å²) in [6.07, 6.45) is 0. The van der Waals surface area contributed by atoms with Gasteiger partial charge in [0.2, 0.25) is 10.0 Å². The van der Waals surface area contributed by atoms with Crippen LogP contribution in [0.3, 0.4) is 0 Å². The third-order valence-corrected chi connectivity index (χ3v) is 6.24. The Kier molecular flexibility index (Phi) is 7.04. The molecule has 28 heavy (non-hydrogen) atoms. The van der Waals surface area contributed by atoms with Crippen LogP contribution in [0.1, 0.15) is 42.3 Å². The topological polar surface area (TPSA) is 103 Å². The summed E-state index contributed by atoms with van der Waals surface area (Å²) in [6.45, 7) is 5.95. The molecule has 7 nitrogen and oxygen atoms in total. The third-order valence-electron chi connectivity index (χ3n) is 4.20. The minimum Gasteiger partial charge on any atom is -0.267 e. The Bertz CT molecular complexity index is 1020. The molecule has 146 valence electrons. The van der Waals surface area contributed by atoms with E-state index in [-0.39, 0.29) is 10.5 Å². The monoisotopic (exact) mass is 398 g/mol. The largest absolute Gasteiger partial charge is 0.271 e. The minimum absolute atomic E-state index is 0.0663. The Balaban J connectivity index is 2.20. The van der Waals surface area contributed by atoms with E-state index >= 15 is 0 Å². The van der Waals surface area contributed by atoms with E-state index in [1.54, 1.807) is 45.0 Å². The van der Waals surface area contributed by atoms with E-state index in [0.29, 0.717) is 24.4 Å². The quantitative estimate of drug-likeness (QED) is 0.572. The van der Waals surface area contributed by atoms with Crippen LogP contribution >= 0.6 is 0 Å². The van der Waals surface area contributed by atoms with Gasteiger partial charge in [0.15, 0.2) is 0 Å². The number of nitrogens with zero attached hydrogens (tertiary/aromatic N) is 3. The van der Waals surface area contributed by atoms with Crippen molar-refractivity contribution in [1.82, 2.24) is 9.73 Å². The predicted octanol–water partition coefficient (Wildman–Crippen LogP) is 2.74. The van der Waals surface area contributed by atoms with Crippen LogP contribution in [-0.4, -0.2) is 37.4 Å². The van der Waals surface area contributed by atoms with Crippen LogP contribution in [0, 0.1) is 11.3 Å². The summed E-state index contributed by atoms with van der Waals surface area (Å²) in [4.78, 5) is 12.5. The van der Waals surface area contributed by atoms with E-state index in [0.717, 1.165) is 5.56 Å². The molecule has 2 aromatic carbocycles. The van der Waals surface area contributed by atoms with Crippen LogP contribution in [0.15, 0.2) is 58.5 Å². The highest BCUT2D eigenvalue weighted by Gasteiger charge is 2.22. The molecule has 0 atom stereocenters.